The predicted molar refractivity (Wildman–Crippen MR) is 109 cm³/mol. The van der Waals surface area contributed by atoms with Gasteiger partial charge in [-0.25, -0.2) is 0 Å². The quantitative estimate of drug-likeness (QED) is 0.280. The number of pyridine rings is 1. The predicted octanol–water partition coefficient (Wildman–Crippen LogP) is 3.38. The number of ether oxygens (including phenoxy) is 1. The minimum atomic E-state index is -2.92. The van der Waals surface area contributed by atoms with Crippen LogP contribution < -0.4 is 19.7 Å². The lowest BCUT2D eigenvalue weighted by Gasteiger charge is -2.17. The van der Waals surface area contributed by atoms with E-state index < -0.39 is 6.61 Å². The number of nitrogens with zero attached hydrogens (tertiary/aromatic N) is 1. The summed E-state index contributed by atoms with van der Waals surface area (Å²) in [4.78, 5) is 0.281. The first kappa shape index (κ1) is 20.4. The largest absolute Gasteiger partial charge is 0.867 e. The molecule has 0 unspecified atom stereocenters. The van der Waals surface area contributed by atoms with Gasteiger partial charge in [0.1, 0.15) is 5.75 Å². The van der Waals surface area contributed by atoms with Crippen LogP contribution in [-0.4, -0.2) is 11.6 Å². The first-order valence-corrected chi connectivity index (χ1v) is 9.21. The van der Waals surface area contributed by atoms with E-state index in [-0.39, 0.29) is 22.2 Å². The van der Waals surface area contributed by atoms with Crippen LogP contribution >= 0.6 is 12.2 Å². The molecule has 0 aliphatic carbocycles. The van der Waals surface area contributed by atoms with E-state index in [0.717, 1.165) is 5.56 Å². The van der Waals surface area contributed by atoms with Gasteiger partial charge in [-0.15, -0.1) is 0 Å². The van der Waals surface area contributed by atoms with Crippen molar-refractivity contribution < 1.29 is 23.2 Å². The summed E-state index contributed by atoms with van der Waals surface area (Å²) in [6.07, 6.45) is 3.44. The van der Waals surface area contributed by atoms with Crippen molar-refractivity contribution in [3.63, 3.8) is 0 Å². The molecule has 2 aromatic carbocycles. The summed E-state index contributed by atoms with van der Waals surface area (Å²) in [5.41, 5.74) is 1.59. The molecule has 0 aliphatic rings. The third kappa shape index (κ3) is 5.58. The molecule has 0 atom stereocenters. The van der Waals surface area contributed by atoms with Gasteiger partial charge in [0.15, 0.2) is 17.4 Å². The molecule has 3 aromatic rings. The molecular weight excluding hydrogens is 394 g/mol. The van der Waals surface area contributed by atoms with Crippen LogP contribution in [0.5, 0.6) is 5.75 Å². The second kappa shape index (κ2) is 9.75. The van der Waals surface area contributed by atoms with Crippen LogP contribution in [-0.2, 0) is 6.54 Å². The van der Waals surface area contributed by atoms with Gasteiger partial charge in [0.05, 0.1) is 0 Å². The lowest BCUT2D eigenvalue weighted by molar-refractivity contribution is -0.578. The lowest BCUT2D eigenvalue weighted by atomic mass is 10.1. The van der Waals surface area contributed by atoms with Gasteiger partial charge in [0, 0.05) is 18.7 Å². The molecule has 0 radical (unpaired) electrons. The van der Waals surface area contributed by atoms with Gasteiger partial charge in [-0.3, -0.25) is 0 Å². The van der Waals surface area contributed by atoms with E-state index in [1.54, 1.807) is 29.1 Å². The van der Waals surface area contributed by atoms with Crippen molar-refractivity contribution in [3.8, 4) is 5.75 Å². The molecule has 1 aromatic heterocycles. The number of rotatable bonds is 7. The summed E-state index contributed by atoms with van der Waals surface area (Å²) in [5.74, 6) is -0.356. The molecule has 29 heavy (non-hydrogen) atoms. The molecule has 4 nitrogen and oxygen atoms in total. The van der Waals surface area contributed by atoms with E-state index in [0.29, 0.717) is 12.1 Å². The topological polar surface area (TPSA) is 48.2 Å². The number of halogens is 2. The molecule has 7 heteroatoms. The molecule has 0 bridgehead atoms. The van der Waals surface area contributed by atoms with Crippen LogP contribution in [0.3, 0.4) is 0 Å². The van der Waals surface area contributed by atoms with Crippen molar-refractivity contribution in [1.29, 1.82) is 0 Å². The van der Waals surface area contributed by atoms with E-state index in [1.807, 2.05) is 36.4 Å². The van der Waals surface area contributed by atoms with Crippen molar-refractivity contribution in [2.75, 3.05) is 0 Å². The molecule has 3 rings (SSSR count). The Hall–Kier alpha value is -3.32. The molecule has 0 saturated heterocycles. The van der Waals surface area contributed by atoms with Crippen LogP contribution in [0.2, 0.25) is 0 Å². The van der Waals surface area contributed by atoms with Crippen molar-refractivity contribution in [2.45, 2.75) is 13.2 Å². The zero-order valence-electron chi connectivity index (χ0n) is 15.3. The summed E-state index contributed by atoms with van der Waals surface area (Å²) in [6, 6.07) is 20.6. The number of aromatic nitrogens is 1. The fourth-order valence-corrected chi connectivity index (χ4v) is 2.94. The Labute approximate surface area is 172 Å². The van der Waals surface area contributed by atoms with Gasteiger partial charge >= 0.3 is 6.61 Å². The Morgan fingerprint density at radius 1 is 0.966 bits per heavy atom. The number of nitrogens with one attached hydrogen (secondary N) is 1. The molecule has 0 spiro atoms. The van der Waals surface area contributed by atoms with Gasteiger partial charge in [-0.05, 0) is 29.0 Å². The molecular formula is C22H18F2N2O2S. The fraction of sp³-hybridized carbons (Fsp3) is 0.0909. The zero-order chi connectivity index (χ0) is 20.6. The monoisotopic (exact) mass is 412 g/mol. The molecule has 1 N–H and O–H groups in total. The van der Waals surface area contributed by atoms with Crippen LogP contribution in [0.25, 0.3) is 11.5 Å². The molecule has 0 aliphatic heterocycles. The number of benzene rings is 2. The highest BCUT2D eigenvalue weighted by Gasteiger charge is 2.18. The van der Waals surface area contributed by atoms with Gasteiger partial charge in [0.2, 0.25) is 5.70 Å². The number of hydrogen-bond donors (Lipinski definition) is 1. The highest BCUT2D eigenvalue weighted by molar-refractivity contribution is 7.81. The number of thiocarbonyl (C=S) groups is 1. The molecule has 1 heterocycles. The van der Waals surface area contributed by atoms with E-state index in [1.165, 1.54) is 24.3 Å². The van der Waals surface area contributed by atoms with E-state index in [2.05, 4.69) is 10.1 Å². The van der Waals surface area contributed by atoms with Gasteiger partial charge in [-0.2, -0.15) is 13.3 Å². The van der Waals surface area contributed by atoms with Crippen LogP contribution in [0.1, 0.15) is 11.1 Å². The molecule has 0 amide bonds. The smallest absolute Gasteiger partial charge is 0.387 e. The van der Waals surface area contributed by atoms with Crippen LogP contribution in [0.15, 0.2) is 85.2 Å². The van der Waals surface area contributed by atoms with Gasteiger partial charge in [0.25, 0.3) is 0 Å². The molecule has 0 fully saturated rings. The Balaban J connectivity index is 1.90. The minimum Gasteiger partial charge on any atom is -0.867 e. The zero-order valence-corrected chi connectivity index (χ0v) is 16.1. The van der Waals surface area contributed by atoms with Crippen molar-refractivity contribution in [1.82, 2.24) is 5.32 Å². The van der Waals surface area contributed by atoms with E-state index in [4.69, 9.17) is 12.2 Å². The average molecular weight is 412 g/mol. The van der Waals surface area contributed by atoms with Crippen LogP contribution in [0.4, 0.5) is 8.78 Å². The highest BCUT2D eigenvalue weighted by atomic mass is 32.1. The van der Waals surface area contributed by atoms with E-state index >= 15 is 0 Å². The van der Waals surface area contributed by atoms with Gasteiger partial charge in [-0.1, -0.05) is 60.7 Å². The minimum absolute atomic E-state index is 0.0183. The Kier molecular flexibility index (Phi) is 6.86. The normalized spacial score (nSPS) is 11.7. The highest BCUT2D eigenvalue weighted by Crippen LogP contribution is 2.20. The standard InChI is InChI=1S/C22H18F2N2O2S/c23-22(24)28-18-11-9-17(10-12-18)20(27)19(26-13-5-2-6-14-26)21(29)25-15-16-7-3-1-4-8-16/h1-14,22H,15H2,(H-,25,27,29). The summed E-state index contributed by atoms with van der Waals surface area (Å²) >= 11 is 5.50. The summed E-state index contributed by atoms with van der Waals surface area (Å²) < 4.78 is 30.6. The summed E-state index contributed by atoms with van der Waals surface area (Å²) in [5, 5.41) is 16.3. The first-order valence-electron chi connectivity index (χ1n) is 8.80. The Morgan fingerprint density at radius 3 is 2.21 bits per heavy atom. The van der Waals surface area contributed by atoms with E-state index in [9.17, 15) is 13.9 Å². The fourth-order valence-electron chi connectivity index (χ4n) is 2.67. The average Bonchev–Trinajstić information content (AvgIpc) is 2.74. The maximum absolute atomic E-state index is 13.2. The molecule has 148 valence electrons. The van der Waals surface area contributed by atoms with Crippen molar-refractivity contribution in [2.24, 2.45) is 0 Å². The third-order valence-electron chi connectivity index (χ3n) is 4.04. The number of hydrogen-bond acceptors (Lipinski definition) is 3. The summed E-state index contributed by atoms with van der Waals surface area (Å²) in [7, 11) is 0. The van der Waals surface area contributed by atoms with Gasteiger partial charge < -0.3 is 15.2 Å². The van der Waals surface area contributed by atoms with Crippen molar-refractivity contribution >= 4 is 28.7 Å². The summed E-state index contributed by atoms with van der Waals surface area (Å²) in [6.45, 7) is -2.46. The lowest BCUT2D eigenvalue weighted by Crippen LogP contribution is -2.42. The number of alkyl halides is 2. The SMILES string of the molecule is [O-]C(=C(C(=S)NCc1ccccc1)[n+]1ccccc1)c1ccc(OC(F)F)cc1. The first-order chi connectivity index (χ1) is 14.0. The Bertz CT molecular complexity index is 979. The maximum Gasteiger partial charge on any atom is 0.387 e. The Morgan fingerprint density at radius 2 is 1.59 bits per heavy atom. The maximum atomic E-state index is 13.2. The van der Waals surface area contributed by atoms with Crippen LogP contribution in [0, 0.1) is 0 Å². The second-order valence-electron chi connectivity index (χ2n) is 6.03. The molecule has 0 saturated carbocycles. The second-order valence-corrected chi connectivity index (χ2v) is 6.44. The van der Waals surface area contributed by atoms with Crippen molar-refractivity contribution in [3.05, 3.63) is 96.3 Å². The third-order valence-corrected chi connectivity index (χ3v) is 4.38.